The van der Waals surface area contributed by atoms with Crippen LogP contribution in [-0.4, -0.2) is 25.7 Å². The van der Waals surface area contributed by atoms with Gasteiger partial charge in [-0.1, -0.05) is 5.10 Å². The summed E-state index contributed by atoms with van der Waals surface area (Å²) < 4.78 is 5.23. The molecule has 6 nitrogen and oxygen atoms in total. The number of hydrogen-bond donors (Lipinski definition) is 2. The molecule has 0 amide bonds. The van der Waals surface area contributed by atoms with Gasteiger partial charge in [0.2, 0.25) is 0 Å². The highest BCUT2D eigenvalue weighted by Gasteiger charge is 2.02. The van der Waals surface area contributed by atoms with Crippen LogP contribution in [0.2, 0.25) is 0 Å². The molecule has 6 heteroatoms. The Hall–Kier alpha value is -2.11. The zero-order chi connectivity index (χ0) is 9.97. The maximum Gasteiger partial charge on any atom is 0.338 e. The van der Waals surface area contributed by atoms with E-state index < -0.39 is 0 Å². The van der Waals surface area contributed by atoms with Crippen LogP contribution in [0.25, 0.3) is 0 Å². The predicted octanol–water partition coefficient (Wildman–Crippen LogP) is 1.01. The Kier molecular flexibility index (Phi) is 2.02. The van der Waals surface area contributed by atoms with Crippen molar-refractivity contribution in [1.82, 2.24) is 20.6 Å². The molecule has 0 aliphatic rings. The van der Waals surface area contributed by atoms with Gasteiger partial charge in [0.1, 0.15) is 11.5 Å². The molecular weight excluding hydrogens is 184 g/mol. The van der Waals surface area contributed by atoms with E-state index in [4.69, 9.17) is 4.74 Å². The second-order valence-corrected chi connectivity index (χ2v) is 2.81. The molecule has 14 heavy (non-hydrogen) atoms. The van der Waals surface area contributed by atoms with Gasteiger partial charge in [0.05, 0.1) is 0 Å². The average molecular weight is 192 g/mol. The maximum atomic E-state index is 9.28. The highest BCUT2D eigenvalue weighted by atomic mass is 16.5. The van der Waals surface area contributed by atoms with Gasteiger partial charge in [0.25, 0.3) is 0 Å². The van der Waals surface area contributed by atoms with Gasteiger partial charge in [-0.15, -0.1) is 0 Å². The van der Waals surface area contributed by atoms with Crippen molar-refractivity contribution in [2.45, 2.75) is 6.92 Å². The standard InChI is InChI=1S/C8H8N4O2/c1-5-2-6(13)4-7(3-5)14-8-9-11-12-10-8/h2-4,13H,1H3,(H,9,10,11,12). The van der Waals surface area contributed by atoms with Gasteiger partial charge in [-0.25, -0.2) is 5.10 Å². The third-order valence-electron chi connectivity index (χ3n) is 1.58. The number of aromatic nitrogens is 4. The third-order valence-corrected chi connectivity index (χ3v) is 1.58. The van der Waals surface area contributed by atoms with Crippen LogP contribution in [0.4, 0.5) is 0 Å². The first-order chi connectivity index (χ1) is 6.74. The fraction of sp³-hybridized carbons (Fsp3) is 0.125. The van der Waals surface area contributed by atoms with Crippen molar-refractivity contribution < 1.29 is 9.84 Å². The van der Waals surface area contributed by atoms with Crippen molar-refractivity contribution in [3.05, 3.63) is 23.8 Å². The molecule has 2 N–H and O–H groups in total. The second-order valence-electron chi connectivity index (χ2n) is 2.81. The summed E-state index contributed by atoms with van der Waals surface area (Å²) in [4.78, 5) is 0. The fourth-order valence-electron chi connectivity index (χ4n) is 1.09. The summed E-state index contributed by atoms with van der Waals surface area (Å²) in [6.45, 7) is 1.85. The number of aromatic hydroxyl groups is 1. The number of rotatable bonds is 2. The normalized spacial score (nSPS) is 10.1. The van der Waals surface area contributed by atoms with Crippen molar-refractivity contribution in [1.29, 1.82) is 0 Å². The Morgan fingerprint density at radius 2 is 2.21 bits per heavy atom. The van der Waals surface area contributed by atoms with Gasteiger partial charge in [-0.05, 0) is 35.0 Å². The number of phenolic OH excluding ortho intramolecular Hbond substituents is 1. The van der Waals surface area contributed by atoms with Crippen molar-refractivity contribution in [2.24, 2.45) is 0 Å². The molecule has 0 saturated heterocycles. The number of aryl methyl sites for hydroxylation is 1. The van der Waals surface area contributed by atoms with Crippen molar-refractivity contribution in [2.75, 3.05) is 0 Å². The first-order valence-corrected chi connectivity index (χ1v) is 3.96. The van der Waals surface area contributed by atoms with Crippen LogP contribution in [0.3, 0.4) is 0 Å². The number of benzene rings is 1. The van der Waals surface area contributed by atoms with E-state index in [2.05, 4.69) is 20.6 Å². The van der Waals surface area contributed by atoms with E-state index in [-0.39, 0.29) is 11.8 Å². The first kappa shape index (κ1) is 8.49. The molecule has 0 bridgehead atoms. The zero-order valence-electron chi connectivity index (χ0n) is 7.43. The predicted molar refractivity (Wildman–Crippen MR) is 47.1 cm³/mol. The molecule has 0 unspecified atom stereocenters. The molecule has 0 fully saturated rings. The smallest absolute Gasteiger partial charge is 0.338 e. The summed E-state index contributed by atoms with van der Waals surface area (Å²) in [7, 11) is 0. The van der Waals surface area contributed by atoms with E-state index in [9.17, 15) is 5.11 Å². The first-order valence-electron chi connectivity index (χ1n) is 3.96. The van der Waals surface area contributed by atoms with Crippen LogP contribution < -0.4 is 4.74 Å². The van der Waals surface area contributed by atoms with Crippen LogP contribution in [0.5, 0.6) is 17.5 Å². The number of hydrogen-bond acceptors (Lipinski definition) is 5. The summed E-state index contributed by atoms with van der Waals surface area (Å²) in [5.41, 5.74) is 0.896. The minimum Gasteiger partial charge on any atom is -0.508 e. The molecule has 0 aliphatic heterocycles. The molecule has 1 aromatic carbocycles. The number of phenols is 1. The second kappa shape index (κ2) is 3.33. The molecule has 1 heterocycles. The number of H-pyrrole nitrogens is 1. The molecule has 72 valence electrons. The van der Waals surface area contributed by atoms with Gasteiger partial charge in [-0.2, -0.15) is 0 Å². The topological polar surface area (TPSA) is 83.9 Å². The highest BCUT2D eigenvalue weighted by molar-refractivity contribution is 5.37. The molecular formula is C8H8N4O2. The van der Waals surface area contributed by atoms with Crippen LogP contribution in [0.15, 0.2) is 18.2 Å². The summed E-state index contributed by atoms with van der Waals surface area (Å²) in [6.07, 6.45) is 0. The van der Waals surface area contributed by atoms with E-state index >= 15 is 0 Å². The summed E-state index contributed by atoms with van der Waals surface area (Å²) in [5, 5.41) is 22.0. The molecule has 2 aromatic rings. The SMILES string of the molecule is Cc1cc(O)cc(Oc2nnn[nH]2)c1. The van der Waals surface area contributed by atoms with Crippen LogP contribution >= 0.6 is 0 Å². The molecule has 0 radical (unpaired) electrons. The summed E-state index contributed by atoms with van der Waals surface area (Å²) in [6, 6.07) is 5.07. The van der Waals surface area contributed by atoms with E-state index in [0.29, 0.717) is 5.75 Å². The van der Waals surface area contributed by atoms with Crippen LogP contribution in [-0.2, 0) is 0 Å². The van der Waals surface area contributed by atoms with E-state index in [1.165, 1.54) is 6.07 Å². The zero-order valence-corrected chi connectivity index (χ0v) is 7.43. The molecule has 2 rings (SSSR count). The molecule has 1 aromatic heterocycles. The monoisotopic (exact) mass is 192 g/mol. The Balaban J connectivity index is 2.25. The number of aromatic amines is 1. The Labute approximate surface area is 79.5 Å². The van der Waals surface area contributed by atoms with Crippen LogP contribution in [0, 0.1) is 6.92 Å². The van der Waals surface area contributed by atoms with E-state index in [1.54, 1.807) is 12.1 Å². The minimum atomic E-state index is 0.146. The summed E-state index contributed by atoms with van der Waals surface area (Å²) >= 11 is 0. The van der Waals surface area contributed by atoms with Gasteiger partial charge < -0.3 is 9.84 Å². The minimum absolute atomic E-state index is 0.146. The van der Waals surface area contributed by atoms with Gasteiger partial charge in [0, 0.05) is 6.07 Å². The average Bonchev–Trinajstić information content (AvgIpc) is 2.54. The molecule has 0 saturated carbocycles. The van der Waals surface area contributed by atoms with Gasteiger partial charge in [0.15, 0.2) is 0 Å². The summed E-state index contributed by atoms with van der Waals surface area (Å²) in [5.74, 6) is 0.633. The van der Waals surface area contributed by atoms with Crippen molar-refractivity contribution >= 4 is 0 Å². The Morgan fingerprint density at radius 1 is 1.36 bits per heavy atom. The lowest BCUT2D eigenvalue weighted by molar-refractivity contribution is 0.431. The maximum absolute atomic E-state index is 9.28. The van der Waals surface area contributed by atoms with E-state index in [0.717, 1.165) is 5.56 Å². The Morgan fingerprint density at radius 3 is 2.86 bits per heavy atom. The molecule has 0 aliphatic carbocycles. The van der Waals surface area contributed by atoms with Gasteiger partial charge >= 0.3 is 6.01 Å². The van der Waals surface area contributed by atoms with Crippen molar-refractivity contribution in [3.8, 4) is 17.5 Å². The lowest BCUT2D eigenvalue weighted by Crippen LogP contribution is -1.87. The van der Waals surface area contributed by atoms with Gasteiger partial charge in [-0.3, -0.25) is 0 Å². The Bertz CT molecular complexity index is 407. The van der Waals surface area contributed by atoms with E-state index in [1.807, 2.05) is 6.92 Å². The van der Waals surface area contributed by atoms with Crippen molar-refractivity contribution in [3.63, 3.8) is 0 Å². The lowest BCUT2D eigenvalue weighted by atomic mass is 10.2. The number of tetrazole rings is 1. The fourth-order valence-corrected chi connectivity index (χ4v) is 1.09. The molecule has 0 atom stereocenters. The largest absolute Gasteiger partial charge is 0.508 e. The van der Waals surface area contributed by atoms with Crippen LogP contribution in [0.1, 0.15) is 5.56 Å². The highest BCUT2D eigenvalue weighted by Crippen LogP contribution is 2.23. The lowest BCUT2D eigenvalue weighted by Gasteiger charge is -2.02. The quantitative estimate of drug-likeness (QED) is 0.741. The molecule has 0 spiro atoms. The number of ether oxygens (including phenoxy) is 1. The number of nitrogens with zero attached hydrogens (tertiary/aromatic N) is 3. The third kappa shape index (κ3) is 1.79. The number of nitrogens with one attached hydrogen (secondary N) is 1.